The first-order chi connectivity index (χ1) is 17.5. The molecule has 2 heterocycles. The fourth-order valence-electron chi connectivity index (χ4n) is 4.12. The van der Waals surface area contributed by atoms with Gasteiger partial charge in [-0.15, -0.1) is 24.8 Å². The van der Waals surface area contributed by atoms with Gasteiger partial charge < -0.3 is 18.9 Å². The van der Waals surface area contributed by atoms with Gasteiger partial charge in [-0.3, -0.25) is 9.69 Å². The van der Waals surface area contributed by atoms with E-state index in [0.29, 0.717) is 29.4 Å². The third kappa shape index (κ3) is 7.07. The van der Waals surface area contributed by atoms with Gasteiger partial charge in [-0.25, -0.2) is 4.98 Å². The Labute approximate surface area is 234 Å². The molecule has 0 unspecified atom stereocenters. The number of likely N-dealkylation sites (N-methyl/N-ethyl adjacent to an activating group) is 1. The molecule has 1 aliphatic heterocycles. The van der Waals surface area contributed by atoms with Gasteiger partial charge in [0.05, 0.1) is 17.8 Å². The van der Waals surface area contributed by atoms with Crippen LogP contribution in [0.2, 0.25) is 0 Å². The number of ether oxygens (including phenoxy) is 4. The molecule has 2 atom stereocenters. The van der Waals surface area contributed by atoms with E-state index in [1.165, 1.54) is 0 Å². The number of carbonyl (C=O) groups excluding carboxylic acids is 1. The normalized spacial score (nSPS) is 15.9. The molecule has 38 heavy (non-hydrogen) atoms. The molecule has 0 aliphatic carbocycles. The second-order valence-electron chi connectivity index (χ2n) is 8.91. The zero-order valence-corrected chi connectivity index (χ0v) is 22.7. The molecule has 1 aliphatic rings. The number of benzene rings is 3. The number of hydrogen-bond donors (Lipinski definition) is 0. The molecule has 9 heteroatoms. The standard InChI is InChI=1S/C29H28N2O5.2ClH/c1-31(2)17-28(32)36-29-24-16-23(33-18-21-13-12-20-8-6-7-11-25(20)30-21)14-15-26(24)34-19-27(29)35-22-9-4-3-5-10-22;;/h3-16,27,29H,17-19H2,1-2H3;2*1H/t27-,29+;;/m1../s1. The van der Waals surface area contributed by atoms with Crippen molar-refractivity contribution in [2.24, 2.45) is 0 Å². The predicted octanol–water partition coefficient (Wildman–Crippen LogP) is 5.64. The number of rotatable bonds is 8. The SMILES string of the molecule is CN(C)CC(=O)O[C@H]1c2cc(OCc3ccc4ccccc4n3)ccc2OC[C@H]1Oc1ccccc1.Cl.Cl. The highest BCUT2D eigenvalue weighted by molar-refractivity contribution is 5.85. The number of para-hydroxylation sites is 2. The van der Waals surface area contributed by atoms with Gasteiger partial charge in [-0.2, -0.15) is 0 Å². The summed E-state index contributed by atoms with van der Waals surface area (Å²) in [6.45, 7) is 0.719. The summed E-state index contributed by atoms with van der Waals surface area (Å²) in [6.07, 6.45) is -1.16. The van der Waals surface area contributed by atoms with E-state index in [1.807, 2.05) is 99.0 Å². The zero-order chi connectivity index (χ0) is 24.9. The van der Waals surface area contributed by atoms with Gasteiger partial charge >= 0.3 is 5.97 Å². The summed E-state index contributed by atoms with van der Waals surface area (Å²) >= 11 is 0. The molecule has 7 nitrogen and oxygen atoms in total. The monoisotopic (exact) mass is 556 g/mol. The summed E-state index contributed by atoms with van der Waals surface area (Å²) in [5, 5.41) is 1.08. The Bertz CT molecular complexity index is 1350. The molecule has 3 aromatic carbocycles. The second kappa shape index (κ2) is 13.3. The maximum Gasteiger partial charge on any atom is 0.320 e. The molecule has 0 N–H and O–H groups in total. The summed E-state index contributed by atoms with van der Waals surface area (Å²) in [5.41, 5.74) is 2.45. The Balaban J connectivity index is 0.00000200. The van der Waals surface area contributed by atoms with Crippen LogP contribution in [0.15, 0.2) is 84.9 Å². The lowest BCUT2D eigenvalue weighted by Crippen LogP contribution is -2.39. The molecule has 0 bridgehead atoms. The van der Waals surface area contributed by atoms with Gasteiger partial charge in [0.1, 0.15) is 30.5 Å². The van der Waals surface area contributed by atoms with Crippen molar-refractivity contribution in [3.63, 3.8) is 0 Å². The van der Waals surface area contributed by atoms with Gasteiger partial charge in [0.25, 0.3) is 0 Å². The second-order valence-corrected chi connectivity index (χ2v) is 8.91. The first kappa shape index (κ1) is 29.0. The quantitative estimate of drug-likeness (QED) is 0.260. The van der Waals surface area contributed by atoms with Gasteiger partial charge in [-0.1, -0.05) is 42.5 Å². The van der Waals surface area contributed by atoms with Gasteiger partial charge in [-0.05, 0) is 56.6 Å². The van der Waals surface area contributed by atoms with Crippen LogP contribution in [0, 0.1) is 0 Å². The molecule has 0 fully saturated rings. The molecular formula is C29H30Cl2N2O5. The summed E-state index contributed by atoms with van der Waals surface area (Å²) in [6, 6.07) is 26.9. The topological polar surface area (TPSA) is 70.1 Å². The maximum absolute atomic E-state index is 12.6. The van der Waals surface area contributed by atoms with E-state index in [-0.39, 0.29) is 43.9 Å². The van der Waals surface area contributed by atoms with Crippen LogP contribution >= 0.6 is 24.8 Å². The fraction of sp³-hybridized carbons (Fsp3) is 0.241. The molecule has 0 saturated heterocycles. The number of carbonyl (C=O) groups is 1. The number of esters is 1. The average Bonchev–Trinajstić information content (AvgIpc) is 2.89. The molecule has 4 aromatic rings. The molecule has 0 saturated carbocycles. The Kier molecular flexibility index (Phi) is 10.2. The number of nitrogens with zero attached hydrogens (tertiary/aromatic N) is 2. The van der Waals surface area contributed by atoms with E-state index < -0.39 is 12.2 Å². The van der Waals surface area contributed by atoms with Crippen LogP contribution in [0.25, 0.3) is 10.9 Å². The summed E-state index contributed by atoms with van der Waals surface area (Å²) < 4.78 is 24.1. The molecule has 0 spiro atoms. The lowest BCUT2D eigenvalue weighted by atomic mass is 10.00. The average molecular weight is 557 g/mol. The van der Waals surface area contributed by atoms with Crippen molar-refractivity contribution in [2.45, 2.75) is 18.8 Å². The lowest BCUT2D eigenvalue weighted by Gasteiger charge is -2.33. The highest BCUT2D eigenvalue weighted by Crippen LogP contribution is 2.39. The molecule has 5 rings (SSSR count). The van der Waals surface area contributed by atoms with Crippen LogP contribution in [0.5, 0.6) is 17.2 Å². The summed E-state index contributed by atoms with van der Waals surface area (Å²) in [7, 11) is 3.65. The van der Waals surface area contributed by atoms with Gasteiger partial charge in [0.15, 0.2) is 12.2 Å². The van der Waals surface area contributed by atoms with Crippen LogP contribution in [0.4, 0.5) is 0 Å². The highest BCUT2D eigenvalue weighted by Gasteiger charge is 2.36. The van der Waals surface area contributed by atoms with Crippen LogP contribution in [-0.4, -0.2) is 49.2 Å². The van der Waals surface area contributed by atoms with E-state index in [4.69, 9.17) is 18.9 Å². The number of hydrogen-bond acceptors (Lipinski definition) is 7. The third-order valence-electron chi connectivity index (χ3n) is 5.81. The van der Waals surface area contributed by atoms with Gasteiger partial charge in [0.2, 0.25) is 0 Å². The number of pyridine rings is 1. The van der Waals surface area contributed by atoms with E-state index in [2.05, 4.69) is 4.98 Å². The predicted molar refractivity (Wildman–Crippen MR) is 151 cm³/mol. The Hall–Kier alpha value is -3.52. The molecule has 1 aromatic heterocycles. The largest absolute Gasteiger partial charge is 0.489 e. The van der Waals surface area contributed by atoms with Crippen LogP contribution in [0.1, 0.15) is 17.4 Å². The lowest BCUT2D eigenvalue weighted by molar-refractivity contribution is -0.157. The van der Waals surface area contributed by atoms with Gasteiger partial charge in [0, 0.05) is 10.9 Å². The number of fused-ring (bicyclic) bond motifs is 2. The maximum atomic E-state index is 12.6. The van der Waals surface area contributed by atoms with E-state index in [0.717, 1.165) is 16.6 Å². The zero-order valence-electron chi connectivity index (χ0n) is 21.1. The minimum atomic E-state index is -0.649. The van der Waals surface area contributed by atoms with Crippen LogP contribution in [-0.2, 0) is 16.1 Å². The van der Waals surface area contributed by atoms with Crippen LogP contribution in [0.3, 0.4) is 0 Å². The first-order valence-electron chi connectivity index (χ1n) is 11.9. The summed E-state index contributed by atoms with van der Waals surface area (Å²) in [4.78, 5) is 19.1. The van der Waals surface area contributed by atoms with Crippen molar-refractivity contribution in [3.8, 4) is 17.2 Å². The van der Waals surface area contributed by atoms with E-state index >= 15 is 0 Å². The Morgan fingerprint density at radius 3 is 2.50 bits per heavy atom. The van der Waals surface area contributed by atoms with Crippen molar-refractivity contribution in [1.29, 1.82) is 0 Å². The minimum absolute atomic E-state index is 0. The van der Waals surface area contributed by atoms with Crippen molar-refractivity contribution in [3.05, 3.63) is 96.2 Å². The van der Waals surface area contributed by atoms with Crippen molar-refractivity contribution >= 4 is 41.7 Å². The Morgan fingerprint density at radius 2 is 1.71 bits per heavy atom. The molecule has 0 radical (unpaired) electrons. The van der Waals surface area contributed by atoms with Crippen molar-refractivity contribution in [1.82, 2.24) is 9.88 Å². The number of halogens is 2. The fourth-order valence-corrected chi connectivity index (χ4v) is 4.12. The van der Waals surface area contributed by atoms with E-state index in [1.54, 1.807) is 4.90 Å². The van der Waals surface area contributed by atoms with Crippen LogP contribution < -0.4 is 14.2 Å². The first-order valence-corrected chi connectivity index (χ1v) is 11.9. The third-order valence-corrected chi connectivity index (χ3v) is 5.81. The highest BCUT2D eigenvalue weighted by atomic mass is 35.5. The van der Waals surface area contributed by atoms with Crippen molar-refractivity contribution < 1.29 is 23.7 Å². The molecule has 0 amide bonds. The smallest absolute Gasteiger partial charge is 0.320 e. The van der Waals surface area contributed by atoms with E-state index in [9.17, 15) is 4.79 Å². The number of aromatic nitrogens is 1. The molecule has 200 valence electrons. The van der Waals surface area contributed by atoms with Crippen molar-refractivity contribution in [2.75, 3.05) is 27.2 Å². The minimum Gasteiger partial charge on any atom is -0.489 e. The summed E-state index contributed by atoms with van der Waals surface area (Å²) in [5.74, 6) is 1.60. The molecular weight excluding hydrogens is 527 g/mol. The Morgan fingerprint density at radius 1 is 0.947 bits per heavy atom.